The van der Waals surface area contributed by atoms with E-state index in [1.807, 2.05) is 6.92 Å². The summed E-state index contributed by atoms with van der Waals surface area (Å²) < 4.78 is 11.9. The van der Waals surface area contributed by atoms with Gasteiger partial charge in [-0.05, 0) is 13.8 Å². The van der Waals surface area contributed by atoms with Gasteiger partial charge in [0.1, 0.15) is 11.8 Å². The fourth-order valence-corrected chi connectivity index (χ4v) is 1.44. The molecule has 0 aromatic carbocycles. The van der Waals surface area contributed by atoms with Crippen LogP contribution in [0.3, 0.4) is 0 Å². The lowest BCUT2D eigenvalue weighted by Gasteiger charge is -2.19. The van der Waals surface area contributed by atoms with Gasteiger partial charge in [-0.3, -0.25) is 4.68 Å². The molecule has 0 fully saturated rings. The summed E-state index contributed by atoms with van der Waals surface area (Å²) in [5.41, 5.74) is 0.661. The Kier molecular flexibility index (Phi) is 4.11. The van der Waals surface area contributed by atoms with Gasteiger partial charge in [-0.1, -0.05) is 0 Å². The molecule has 2 unspecified atom stereocenters. The lowest BCUT2D eigenvalue weighted by atomic mass is 10.1. The lowest BCUT2D eigenvalue weighted by Crippen LogP contribution is -2.21. The van der Waals surface area contributed by atoms with Crippen LogP contribution in [-0.4, -0.2) is 35.2 Å². The zero-order valence-corrected chi connectivity index (χ0v) is 9.60. The number of hydrogen-bond acceptors (Lipinski definition) is 4. The van der Waals surface area contributed by atoms with Gasteiger partial charge in [0.15, 0.2) is 5.75 Å². The Bertz CT molecular complexity index is 290. The van der Waals surface area contributed by atoms with Gasteiger partial charge in [0.2, 0.25) is 0 Å². The molecule has 5 heteroatoms. The van der Waals surface area contributed by atoms with E-state index in [4.69, 9.17) is 9.47 Å². The van der Waals surface area contributed by atoms with Gasteiger partial charge in [-0.2, -0.15) is 5.10 Å². The minimum Gasteiger partial charge on any atom is -0.493 e. The summed E-state index contributed by atoms with van der Waals surface area (Å²) in [4.78, 5) is 0. The van der Waals surface area contributed by atoms with Gasteiger partial charge >= 0.3 is 0 Å². The highest BCUT2D eigenvalue weighted by Gasteiger charge is 2.24. The fourth-order valence-electron chi connectivity index (χ4n) is 1.44. The Morgan fingerprint density at radius 1 is 1.53 bits per heavy atom. The van der Waals surface area contributed by atoms with Crippen LogP contribution in [0.15, 0.2) is 6.20 Å². The number of aliphatic hydroxyl groups excluding tert-OH is 1. The first-order chi connectivity index (χ1) is 7.15. The molecule has 0 saturated carbocycles. The van der Waals surface area contributed by atoms with Gasteiger partial charge < -0.3 is 14.6 Å². The second-order valence-electron chi connectivity index (χ2n) is 3.30. The molecule has 0 saturated heterocycles. The van der Waals surface area contributed by atoms with Crippen LogP contribution in [0.2, 0.25) is 0 Å². The quantitative estimate of drug-likeness (QED) is 0.793. The molecule has 1 rings (SSSR count). The summed E-state index contributed by atoms with van der Waals surface area (Å²) in [5, 5.41) is 14.2. The van der Waals surface area contributed by atoms with Gasteiger partial charge in [-0.25, -0.2) is 0 Å². The Labute approximate surface area is 89.6 Å². The molecule has 2 atom stereocenters. The smallest absolute Gasteiger partial charge is 0.162 e. The van der Waals surface area contributed by atoms with E-state index in [9.17, 15) is 5.11 Å². The SMILES string of the molecule is CCn1ncc(OC)c1C(O)C(C)OC. The van der Waals surface area contributed by atoms with Crippen molar-refractivity contribution < 1.29 is 14.6 Å². The van der Waals surface area contributed by atoms with E-state index in [0.717, 1.165) is 0 Å². The van der Waals surface area contributed by atoms with Gasteiger partial charge in [0, 0.05) is 13.7 Å². The molecule has 0 aliphatic heterocycles. The fraction of sp³-hybridized carbons (Fsp3) is 0.700. The monoisotopic (exact) mass is 214 g/mol. The van der Waals surface area contributed by atoms with Crippen LogP contribution in [-0.2, 0) is 11.3 Å². The summed E-state index contributed by atoms with van der Waals surface area (Å²) in [7, 11) is 3.12. The molecule has 1 heterocycles. The number of aromatic nitrogens is 2. The number of nitrogens with zero attached hydrogens (tertiary/aromatic N) is 2. The molecule has 1 aromatic heterocycles. The highest BCUT2D eigenvalue weighted by molar-refractivity contribution is 5.27. The van der Waals surface area contributed by atoms with E-state index < -0.39 is 6.10 Å². The third-order valence-electron chi connectivity index (χ3n) is 2.46. The number of aliphatic hydroxyl groups is 1. The molecule has 0 bridgehead atoms. The number of rotatable bonds is 5. The van der Waals surface area contributed by atoms with Crippen LogP contribution in [0.5, 0.6) is 5.75 Å². The van der Waals surface area contributed by atoms with Crippen molar-refractivity contribution >= 4 is 0 Å². The van der Waals surface area contributed by atoms with Crippen molar-refractivity contribution in [3.63, 3.8) is 0 Å². The van der Waals surface area contributed by atoms with Crippen molar-refractivity contribution in [2.45, 2.75) is 32.6 Å². The third kappa shape index (κ3) is 2.30. The highest BCUT2D eigenvalue weighted by Crippen LogP contribution is 2.27. The van der Waals surface area contributed by atoms with Gasteiger partial charge in [0.05, 0.1) is 19.4 Å². The van der Waals surface area contributed by atoms with E-state index in [1.54, 1.807) is 32.0 Å². The second kappa shape index (κ2) is 5.14. The number of aryl methyl sites for hydroxylation is 1. The minimum atomic E-state index is -0.729. The Morgan fingerprint density at radius 3 is 2.67 bits per heavy atom. The van der Waals surface area contributed by atoms with Gasteiger partial charge in [-0.15, -0.1) is 0 Å². The maximum absolute atomic E-state index is 10.0. The second-order valence-corrected chi connectivity index (χ2v) is 3.30. The maximum Gasteiger partial charge on any atom is 0.162 e. The van der Waals surface area contributed by atoms with Crippen LogP contribution < -0.4 is 4.74 Å². The third-order valence-corrected chi connectivity index (χ3v) is 2.46. The van der Waals surface area contributed by atoms with Crippen LogP contribution in [0.1, 0.15) is 25.6 Å². The van der Waals surface area contributed by atoms with E-state index >= 15 is 0 Å². The zero-order chi connectivity index (χ0) is 11.4. The standard InChI is InChI=1S/C10H18N2O3/c1-5-12-9(8(15-4)6-11-12)10(13)7(2)14-3/h6-7,10,13H,5H2,1-4H3. The number of hydrogen-bond donors (Lipinski definition) is 1. The van der Waals surface area contributed by atoms with Crippen LogP contribution in [0.4, 0.5) is 0 Å². The first kappa shape index (κ1) is 12.0. The average molecular weight is 214 g/mol. The van der Waals surface area contributed by atoms with Crippen LogP contribution in [0, 0.1) is 0 Å². The molecule has 0 spiro atoms. The van der Waals surface area contributed by atoms with E-state index in [1.165, 1.54) is 0 Å². The first-order valence-corrected chi connectivity index (χ1v) is 4.96. The van der Waals surface area contributed by atoms with Crippen LogP contribution in [0.25, 0.3) is 0 Å². The summed E-state index contributed by atoms with van der Waals surface area (Å²) in [6.07, 6.45) is 0.582. The van der Waals surface area contributed by atoms with Crippen LogP contribution >= 0.6 is 0 Å². The van der Waals surface area contributed by atoms with Crippen molar-refractivity contribution in [2.24, 2.45) is 0 Å². The van der Waals surface area contributed by atoms with Crippen molar-refractivity contribution in [3.8, 4) is 5.75 Å². The van der Waals surface area contributed by atoms with Crippen molar-refractivity contribution in [3.05, 3.63) is 11.9 Å². The molecule has 0 radical (unpaired) electrons. The molecule has 1 N–H and O–H groups in total. The van der Waals surface area contributed by atoms with Gasteiger partial charge in [0.25, 0.3) is 0 Å². The molecule has 0 aliphatic rings. The zero-order valence-electron chi connectivity index (χ0n) is 9.60. The van der Waals surface area contributed by atoms with E-state index in [2.05, 4.69) is 5.10 Å². The first-order valence-electron chi connectivity index (χ1n) is 4.96. The summed E-state index contributed by atoms with van der Waals surface area (Å²) in [6, 6.07) is 0. The van der Waals surface area contributed by atoms with Crippen molar-refractivity contribution in [2.75, 3.05) is 14.2 Å². The lowest BCUT2D eigenvalue weighted by molar-refractivity contribution is -0.00693. The minimum absolute atomic E-state index is 0.291. The van der Waals surface area contributed by atoms with E-state index in [0.29, 0.717) is 18.0 Å². The highest BCUT2D eigenvalue weighted by atomic mass is 16.5. The predicted octanol–water partition coefficient (Wildman–Crippen LogP) is 0.980. The largest absolute Gasteiger partial charge is 0.493 e. The Hall–Kier alpha value is -1.07. The molecule has 5 nitrogen and oxygen atoms in total. The topological polar surface area (TPSA) is 56.5 Å². The Morgan fingerprint density at radius 2 is 2.20 bits per heavy atom. The number of methoxy groups -OCH3 is 2. The summed E-state index contributed by atoms with van der Waals surface area (Å²) in [6.45, 7) is 4.45. The number of ether oxygens (including phenoxy) is 2. The predicted molar refractivity (Wildman–Crippen MR) is 55.9 cm³/mol. The molecule has 86 valence electrons. The maximum atomic E-state index is 10.0. The molecule has 0 aliphatic carbocycles. The van der Waals surface area contributed by atoms with E-state index in [-0.39, 0.29) is 6.10 Å². The van der Waals surface area contributed by atoms with Crippen molar-refractivity contribution in [1.29, 1.82) is 0 Å². The normalized spacial score (nSPS) is 15.0. The average Bonchev–Trinajstić information content (AvgIpc) is 2.69. The Balaban J connectivity index is 3.03. The molecule has 0 amide bonds. The molecule has 15 heavy (non-hydrogen) atoms. The molecule has 1 aromatic rings. The summed E-state index contributed by atoms with van der Waals surface area (Å²) in [5.74, 6) is 0.591. The van der Waals surface area contributed by atoms with Crippen molar-refractivity contribution in [1.82, 2.24) is 9.78 Å². The molecular weight excluding hydrogens is 196 g/mol. The summed E-state index contributed by atoms with van der Waals surface area (Å²) >= 11 is 0. The molecular formula is C10H18N2O3.